The topological polar surface area (TPSA) is 24.4 Å². The van der Waals surface area contributed by atoms with Gasteiger partial charge in [0.15, 0.2) is 0 Å². The van der Waals surface area contributed by atoms with Gasteiger partial charge in [0.05, 0.1) is 5.36 Å². The van der Waals surface area contributed by atoms with E-state index in [9.17, 15) is 0 Å². The smallest absolute Gasteiger partial charge is 0.0718 e. The van der Waals surface area contributed by atoms with E-state index in [0.717, 1.165) is 30.3 Å². The number of fused-ring (bicyclic) bond motifs is 1. The molecule has 0 bridgehead atoms. The van der Waals surface area contributed by atoms with Gasteiger partial charge in [-0.05, 0) is 83.2 Å². The highest BCUT2D eigenvalue weighted by Gasteiger charge is 2.17. The van der Waals surface area contributed by atoms with Gasteiger partial charge in [-0.3, -0.25) is 4.99 Å². The maximum atomic E-state index is 4.61. The van der Waals surface area contributed by atoms with E-state index in [1.165, 1.54) is 19.9 Å². The molecule has 2 aliphatic heterocycles. The van der Waals surface area contributed by atoms with Crippen LogP contribution in [0.1, 0.15) is 26.7 Å². The van der Waals surface area contributed by atoms with Gasteiger partial charge in [-0.15, -0.1) is 0 Å². The second-order valence-electron chi connectivity index (χ2n) is 6.50. The largest absolute Gasteiger partial charge is 0.314 e. The SMILES string of the molecule is C=C1C=CN=c2cccc(I)c2=C1/C1=C\[C@@H](C)CN[C@H](C)CC1. The zero-order valence-corrected chi connectivity index (χ0v) is 15.9. The molecule has 0 saturated heterocycles. The fraction of sp³-hybridized carbons (Fsp3) is 0.350. The maximum Gasteiger partial charge on any atom is 0.0718 e. The monoisotopic (exact) mass is 418 g/mol. The van der Waals surface area contributed by atoms with Crippen molar-refractivity contribution in [1.29, 1.82) is 0 Å². The normalized spacial score (nSPS) is 27.2. The zero-order valence-electron chi connectivity index (χ0n) is 13.8. The van der Waals surface area contributed by atoms with Crippen LogP contribution >= 0.6 is 22.6 Å². The molecule has 1 aromatic rings. The first-order valence-corrected chi connectivity index (χ1v) is 9.31. The van der Waals surface area contributed by atoms with E-state index in [-0.39, 0.29) is 0 Å². The summed E-state index contributed by atoms with van der Waals surface area (Å²) in [6.45, 7) is 9.91. The predicted octanol–water partition coefficient (Wildman–Crippen LogP) is 3.48. The van der Waals surface area contributed by atoms with Crippen LogP contribution in [0.3, 0.4) is 0 Å². The Bertz CT molecular complexity index is 801. The third-order valence-electron chi connectivity index (χ3n) is 4.49. The first kappa shape index (κ1) is 16.7. The van der Waals surface area contributed by atoms with E-state index >= 15 is 0 Å². The van der Waals surface area contributed by atoms with Gasteiger partial charge >= 0.3 is 0 Å². The minimum absolute atomic E-state index is 0.516. The second-order valence-corrected chi connectivity index (χ2v) is 7.66. The van der Waals surface area contributed by atoms with Gasteiger partial charge in [-0.2, -0.15) is 0 Å². The summed E-state index contributed by atoms with van der Waals surface area (Å²) in [5.41, 5.74) is 3.77. The lowest BCUT2D eigenvalue weighted by Crippen LogP contribution is -2.33. The molecule has 2 heterocycles. The average molecular weight is 418 g/mol. The van der Waals surface area contributed by atoms with Gasteiger partial charge in [-0.25, -0.2) is 0 Å². The number of allylic oxidation sites excluding steroid dienone is 3. The van der Waals surface area contributed by atoms with Gasteiger partial charge in [0.1, 0.15) is 0 Å². The number of halogens is 1. The third kappa shape index (κ3) is 3.66. The van der Waals surface area contributed by atoms with E-state index in [2.05, 4.69) is 77.6 Å². The van der Waals surface area contributed by atoms with Gasteiger partial charge in [0.2, 0.25) is 0 Å². The highest BCUT2D eigenvalue weighted by Crippen LogP contribution is 2.28. The lowest BCUT2D eigenvalue weighted by Gasteiger charge is -2.23. The summed E-state index contributed by atoms with van der Waals surface area (Å²) < 4.78 is 1.24. The summed E-state index contributed by atoms with van der Waals surface area (Å²) in [7, 11) is 0. The first-order chi connectivity index (χ1) is 11.1. The summed E-state index contributed by atoms with van der Waals surface area (Å²) in [5, 5.41) is 5.89. The fourth-order valence-corrected chi connectivity index (χ4v) is 3.99. The average Bonchev–Trinajstić information content (AvgIpc) is 2.67. The van der Waals surface area contributed by atoms with Crippen molar-refractivity contribution >= 4 is 28.2 Å². The summed E-state index contributed by atoms with van der Waals surface area (Å²) in [5.74, 6) is 0.516. The zero-order chi connectivity index (χ0) is 16.4. The van der Waals surface area contributed by atoms with Crippen LogP contribution in [0.2, 0.25) is 0 Å². The lowest BCUT2D eigenvalue weighted by atomic mass is 9.88. The van der Waals surface area contributed by atoms with Crippen molar-refractivity contribution in [2.75, 3.05) is 6.54 Å². The first-order valence-electron chi connectivity index (χ1n) is 8.23. The van der Waals surface area contributed by atoms with Crippen molar-refractivity contribution in [1.82, 2.24) is 5.32 Å². The standard InChI is InChI=1S/C20H23IN2/c1-13-11-16(8-7-15(3)23-12-13)19-14(2)9-10-22-18-6-4-5-17(21)20(18)19/h4-6,9-11,13,15,23H,2,7-8,12H2,1,3H3/b16-11-/t13-,15-/m1/s1. The molecule has 2 aliphatic rings. The fourth-order valence-electron chi connectivity index (χ4n) is 3.24. The van der Waals surface area contributed by atoms with Crippen LogP contribution in [0.5, 0.6) is 0 Å². The molecule has 3 heteroatoms. The molecular formula is C20H23IN2. The van der Waals surface area contributed by atoms with Gasteiger partial charge < -0.3 is 5.32 Å². The molecule has 0 aromatic heterocycles. The molecule has 23 heavy (non-hydrogen) atoms. The quantitative estimate of drug-likeness (QED) is 0.694. The minimum Gasteiger partial charge on any atom is -0.314 e. The molecule has 1 N–H and O–H groups in total. The van der Waals surface area contributed by atoms with E-state index in [4.69, 9.17) is 0 Å². The summed E-state index contributed by atoms with van der Waals surface area (Å²) in [6.07, 6.45) is 8.56. The van der Waals surface area contributed by atoms with Crippen molar-refractivity contribution < 1.29 is 0 Å². The molecule has 0 fully saturated rings. The van der Waals surface area contributed by atoms with Gasteiger partial charge in [-0.1, -0.05) is 25.6 Å². The van der Waals surface area contributed by atoms with Crippen molar-refractivity contribution in [2.24, 2.45) is 10.9 Å². The molecule has 0 spiro atoms. The Kier molecular flexibility index (Phi) is 5.17. The van der Waals surface area contributed by atoms with Crippen LogP contribution < -0.4 is 15.9 Å². The van der Waals surface area contributed by atoms with Crippen LogP contribution in [0, 0.1) is 9.49 Å². The van der Waals surface area contributed by atoms with Crippen molar-refractivity contribution in [3.05, 3.63) is 68.4 Å². The molecule has 0 amide bonds. The Morgan fingerprint density at radius 2 is 2.13 bits per heavy atom. The van der Waals surface area contributed by atoms with Gasteiger partial charge in [0.25, 0.3) is 0 Å². The molecular weight excluding hydrogens is 395 g/mol. The van der Waals surface area contributed by atoms with Crippen molar-refractivity contribution in [3.63, 3.8) is 0 Å². The Morgan fingerprint density at radius 3 is 2.96 bits per heavy atom. The molecule has 1 aromatic carbocycles. The Morgan fingerprint density at radius 1 is 1.30 bits per heavy atom. The van der Waals surface area contributed by atoms with E-state index in [1.54, 1.807) is 0 Å². The molecule has 0 aliphatic carbocycles. The molecule has 3 rings (SSSR count). The molecule has 0 saturated carbocycles. The Balaban J connectivity index is 2.26. The highest BCUT2D eigenvalue weighted by molar-refractivity contribution is 14.1. The molecule has 120 valence electrons. The minimum atomic E-state index is 0.516. The number of nitrogens with one attached hydrogen (secondary N) is 1. The number of nitrogens with zero attached hydrogens (tertiary/aromatic N) is 1. The number of rotatable bonds is 1. The Labute approximate surface area is 151 Å². The number of hydrogen-bond donors (Lipinski definition) is 1. The number of hydrogen-bond acceptors (Lipinski definition) is 2. The van der Waals surface area contributed by atoms with Gasteiger partial charge in [0, 0.05) is 27.6 Å². The van der Waals surface area contributed by atoms with Crippen LogP contribution in [0.15, 0.2) is 59.3 Å². The second kappa shape index (κ2) is 7.14. The van der Waals surface area contributed by atoms with E-state index < -0.39 is 0 Å². The maximum absolute atomic E-state index is 4.61. The van der Waals surface area contributed by atoms with E-state index in [1.807, 2.05) is 12.3 Å². The molecule has 2 atom stereocenters. The van der Waals surface area contributed by atoms with Crippen LogP contribution in [-0.2, 0) is 0 Å². The molecule has 0 radical (unpaired) electrons. The summed E-state index contributed by atoms with van der Waals surface area (Å²) in [4.78, 5) is 4.61. The summed E-state index contributed by atoms with van der Waals surface area (Å²) >= 11 is 2.42. The summed E-state index contributed by atoms with van der Waals surface area (Å²) in [6, 6.07) is 6.88. The van der Waals surface area contributed by atoms with E-state index in [0.29, 0.717) is 12.0 Å². The Hall–Kier alpha value is -1.20. The predicted molar refractivity (Wildman–Crippen MR) is 106 cm³/mol. The van der Waals surface area contributed by atoms with Crippen LogP contribution in [-0.4, -0.2) is 12.6 Å². The lowest BCUT2D eigenvalue weighted by molar-refractivity contribution is 0.470. The number of benzene rings is 1. The molecule has 2 nitrogen and oxygen atoms in total. The highest BCUT2D eigenvalue weighted by atomic mass is 127. The van der Waals surface area contributed by atoms with Crippen LogP contribution in [0.25, 0.3) is 5.57 Å². The van der Waals surface area contributed by atoms with Crippen molar-refractivity contribution in [2.45, 2.75) is 32.7 Å². The third-order valence-corrected chi connectivity index (χ3v) is 5.39. The van der Waals surface area contributed by atoms with Crippen LogP contribution in [0.4, 0.5) is 0 Å². The molecule has 0 unspecified atom stereocenters. The van der Waals surface area contributed by atoms with Crippen molar-refractivity contribution in [3.8, 4) is 0 Å².